The van der Waals surface area contributed by atoms with Gasteiger partial charge in [0.05, 0.1) is 11.2 Å². The fourth-order valence-electron chi connectivity index (χ4n) is 3.64. The van der Waals surface area contributed by atoms with Crippen molar-refractivity contribution in [3.05, 3.63) is 45.1 Å². The predicted molar refractivity (Wildman–Crippen MR) is 95.8 cm³/mol. The van der Waals surface area contributed by atoms with Crippen molar-refractivity contribution in [2.75, 3.05) is 18.0 Å². The molecular formula is C18H20N4O2. The number of rotatable bonds is 1. The van der Waals surface area contributed by atoms with Gasteiger partial charge in [0.25, 0.3) is 5.56 Å². The third-order valence-electron chi connectivity index (χ3n) is 4.93. The first-order chi connectivity index (χ1) is 11.6. The van der Waals surface area contributed by atoms with Crippen LogP contribution in [0.4, 0.5) is 5.69 Å². The summed E-state index contributed by atoms with van der Waals surface area (Å²) < 4.78 is 2.64. The van der Waals surface area contributed by atoms with E-state index in [-0.39, 0.29) is 11.2 Å². The van der Waals surface area contributed by atoms with Gasteiger partial charge in [-0.1, -0.05) is 18.2 Å². The Balaban J connectivity index is 2.23. The van der Waals surface area contributed by atoms with Gasteiger partial charge in [-0.05, 0) is 25.3 Å². The molecule has 0 radical (unpaired) electrons. The Labute approximate surface area is 139 Å². The molecule has 24 heavy (non-hydrogen) atoms. The van der Waals surface area contributed by atoms with E-state index in [1.165, 1.54) is 22.6 Å². The molecule has 0 atom stereocenters. The number of aryl methyl sites for hydroxylation is 1. The lowest BCUT2D eigenvalue weighted by Gasteiger charge is -2.30. The standard InChI is InChI=1S/C18H20N4O2/c1-20-16-14(17(23)21(2)18(20)24)15(22-10-6-3-7-11-22)12-8-4-5-9-13(12)19-16/h4-5,8-9H,3,6-7,10-11H2,1-2H3. The lowest BCUT2D eigenvalue weighted by atomic mass is 10.1. The fourth-order valence-corrected chi connectivity index (χ4v) is 3.64. The molecule has 0 bridgehead atoms. The normalized spacial score (nSPS) is 15.3. The fraction of sp³-hybridized carbons (Fsp3) is 0.389. The minimum Gasteiger partial charge on any atom is -0.370 e. The van der Waals surface area contributed by atoms with Crippen LogP contribution in [0.15, 0.2) is 33.9 Å². The molecule has 0 N–H and O–H groups in total. The van der Waals surface area contributed by atoms with Gasteiger partial charge in [-0.3, -0.25) is 13.9 Å². The average Bonchev–Trinajstić information content (AvgIpc) is 2.63. The molecule has 1 aliphatic rings. The van der Waals surface area contributed by atoms with E-state index in [0.29, 0.717) is 11.0 Å². The molecule has 2 aromatic heterocycles. The first-order valence-corrected chi connectivity index (χ1v) is 8.33. The van der Waals surface area contributed by atoms with Crippen LogP contribution in [0.2, 0.25) is 0 Å². The van der Waals surface area contributed by atoms with E-state index in [2.05, 4.69) is 9.88 Å². The first-order valence-electron chi connectivity index (χ1n) is 8.33. The van der Waals surface area contributed by atoms with Crippen molar-refractivity contribution < 1.29 is 0 Å². The summed E-state index contributed by atoms with van der Waals surface area (Å²) in [5.74, 6) is 0. The number of benzene rings is 1. The highest BCUT2D eigenvalue weighted by atomic mass is 16.2. The van der Waals surface area contributed by atoms with Crippen LogP contribution in [0, 0.1) is 0 Å². The quantitative estimate of drug-likeness (QED) is 0.640. The van der Waals surface area contributed by atoms with Gasteiger partial charge in [-0.15, -0.1) is 0 Å². The Morgan fingerprint density at radius 3 is 2.42 bits per heavy atom. The van der Waals surface area contributed by atoms with E-state index in [0.717, 1.165) is 42.5 Å². The van der Waals surface area contributed by atoms with E-state index in [9.17, 15) is 9.59 Å². The zero-order valence-electron chi connectivity index (χ0n) is 14.0. The summed E-state index contributed by atoms with van der Waals surface area (Å²) in [7, 11) is 3.20. The number of aromatic nitrogens is 3. The Morgan fingerprint density at radius 1 is 0.958 bits per heavy atom. The van der Waals surface area contributed by atoms with Gasteiger partial charge >= 0.3 is 5.69 Å². The molecule has 0 unspecified atom stereocenters. The zero-order chi connectivity index (χ0) is 16.8. The first kappa shape index (κ1) is 14.9. The largest absolute Gasteiger partial charge is 0.370 e. The second-order valence-electron chi connectivity index (χ2n) is 6.43. The summed E-state index contributed by atoms with van der Waals surface area (Å²) in [5, 5.41) is 1.52. The molecule has 1 aromatic carbocycles. The molecule has 1 fully saturated rings. The Hall–Kier alpha value is -2.63. The Bertz CT molecular complexity index is 1060. The number of hydrogen-bond acceptors (Lipinski definition) is 4. The number of fused-ring (bicyclic) bond motifs is 2. The monoisotopic (exact) mass is 324 g/mol. The van der Waals surface area contributed by atoms with Crippen LogP contribution in [0.25, 0.3) is 21.9 Å². The molecule has 3 heterocycles. The summed E-state index contributed by atoms with van der Waals surface area (Å²) in [4.78, 5) is 32.1. The maximum atomic E-state index is 12.9. The van der Waals surface area contributed by atoms with Gasteiger partial charge in [-0.2, -0.15) is 0 Å². The van der Waals surface area contributed by atoms with E-state index >= 15 is 0 Å². The molecule has 0 aliphatic carbocycles. The summed E-state index contributed by atoms with van der Waals surface area (Å²) >= 11 is 0. The topological polar surface area (TPSA) is 60.1 Å². The molecule has 3 aromatic rings. The summed E-state index contributed by atoms with van der Waals surface area (Å²) in [6.45, 7) is 1.85. The molecule has 0 amide bonds. The van der Waals surface area contributed by atoms with Crippen LogP contribution in [-0.2, 0) is 14.1 Å². The number of pyridine rings is 1. The van der Waals surface area contributed by atoms with Gasteiger partial charge in [-0.25, -0.2) is 9.78 Å². The number of hydrogen-bond donors (Lipinski definition) is 0. The van der Waals surface area contributed by atoms with Crippen molar-refractivity contribution in [3.8, 4) is 0 Å². The van der Waals surface area contributed by atoms with Crippen molar-refractivity contribution in [3.63, 3.8) is 0 Å². The molecule has 4 rings (SSSR count). The van der Waals surface area contributed by atoms with E-state index in [1.54, 1.807) is 7.05 Å². The molecule has 124 valence electrons. The van der Waals surface area contributed by atoms with Gasteiger partial charge in [0, 0.05) is 32.6 Å². The maximum absolute atomic E-state index is 12.9. The minimum atomic E-state index is -0.347. The second-order valence-corrected chi connectivity index (χ2v) is 6.43. The number of nitrogens with zero attached hydrogens (tertiary/aromatic N) is 4. The van der Waals surface area contributed by atoms with Crippen LogP contribution < -0.4 is 16.1 Å². The minimum absolute atomic E-state index is 0.271. The SMILES string of the molecule is Cn1c(=O)c2c(N3CCCCC3)c3ccccc3nc2n(C)c1=O. The third-order valence-corrected chi connectivity index (χ3v) is 4.93. The van der Waals surface area contributed by atoms with Crippen LogP contribution in [0.3, 0.4) is 0 Å². The second kappa shape index (κ2) is 5.47. The van der Waals surface area contributed by atoms with Gasteiger partial charge in [0.1, 0.15) is 5.39 Å². The summed E-state index contributed by atoms with van der Waals surface area (Å²) in [6.07, 6.45) is 3.45. The molecule has 0 spiro atoms. The molecule has 1 saturated heterocycles. The molecule has 1 aliphatic heterocycles. The smallest absolute Gasteiger partial charge is 0.332 e. The van der Waals surface area contributed by atoms with E-state index in [1.807, 2.05) is 24.3 Å². The summed E-state index contributed by atoms with van der Waals surface area (Å²) in [5.41, 5.74) is 1.58. The Kier molecular flexibility index (Phi) is 3.40. The molecule has 6 heteroatoms. The third kappa shape index (κ3) is 2.06. The van der Waals surface area contributed by atoms with Crippen molar-refractivity contribution >= 4 is 27.6 Å². The van der Waals surface area contributed by atoms with Gasteiger partial charge in [0.15, 0.2) is 5.65 Å². The van der Waals surface area contributed by atoms with E-state index in [4.69, 9.17) is 0 Å². The van der Waals surface area contributed by atoms with Crippen LogP contribution >= 0.6 is 0 Å². The van der Waals surface area contributed by atoms with E-state index < -0.39 is 0 Å². The Morgan fingerprint density at radius 2 is 1.67 bits per heavy atom. The maximum Gasteiger partial charge on any atom is 0.332 e. The highest BCUT2D eigenvalue weighted by Gasteiger charge is 2.22. The lowest BCUT2D eigenvalue weighted by molar-refractivity contribution is 0.579. The lowest BCUT2D eigenvalue weighted by Crippen LogP contribution is -2.39. The van der Waals surface area contributed by atoms with Crippen molar-refractivity contribution in [2.24, 2.45) is 14.1 Å². The highest BCUT2D eigenvalue weighted by molar-refractivity contribution is 6.06. The average molecular weight is 324 g/mol. The van der Waals surface area contributed by atoms with Gasteiger partial charge < -0.3 is 4.90 Å². The van der Waals surface area contributed by atoms with Crippen molar-refractivity contribution in [1.29, 1.82) is 0 Å². The van der Waals surface area contributed by atoms with Crippen LogP contribution in [-0.4, -0.2) is 27.2 Å². The molecular weight excluding hydrogens is 304 g/mol. The summed E-state index contributed by atoms with van der Waals surface area (Å²) in [6, 6.07) is 7.84. The van der Waals surface area contributed by atoms with Gasteiger partial charge in [0.2, 0.25) is 0 Å². The van der Waals surface area contributed by atoms with Crippen LogP contribution in [0.1, 0.15) is 19.3 Å². The highest BCUT2D eigenvalue weighted by Crippen LogP contribution is 2.33. The van der Waals surface area contributed by atoms with Crippen molar-refractivity contribution in [2.45, 2.75) is 19.3 Å². The molecule has 6 nitrogen and oxygen atoms in total. The number of anilines is 1. The zero-order valence-corrected chi connectivity index (χ0v) is 14.0. The number of para-hydroxylation sites is 1. The molecule has 0 saturated carbocycles. The predicted octanol–water partition coefficient (Wildman–Crippen LogP) is 1.78. The van der Waals surface area contributed by atoms with Crippen molar-refractivity contribution in [1.82, 2.24) is 14.1 Å². The van der Waals surface area contributed by atoms with Crippen LogP contribution in [0.5, 0.6) is 0 Å². The number of piperidine rings is 1.